The van der Waals surface area contributed by atoms with Gasteiger partial charge in [0.05, 0.1) is 12.6 Å². The summed E-state index contributed by atoms with van der Waals surface area (Å²) in [5, 5.41) is 11.4. The van der Waals surface area contributed by atoms with Crippen molar-refractivity contribution in [3.8, 4) is 0 Å². The molecule has 1 aromatic heterocycles. The van der Waals surface area contributed by atoms with E-state index in [9.17, 15) is 9.18 Å². The Morgan fingerprint density at radius 3 is 2.82 bits per heavy atom. The van der Waals surface area contributed by atoms with Crippen LogP contribution in [-0.4, -0.2) is 27.1 Å². The third kappa shape index (κ3) is 4.14. The monoisotopic (exact) mass is 261 g/mol. The van der Waals surface area contributed by atoms with E-state index < -0.39 is 17.8 Å². The van der Waals surface area contributed by atoms with Gasteiger partial charge >= 0.3 is 5.97 Å². The first-order chi connectivity index (χ1) is 7.90. The third-order valence-electron chi connectivity index (χ3n) is 2.24. The van der Waals surface area contributed by atoms with Crippen LogP contribution in [0.15, 0.2) is 6.20 Å². The molecule has 0 radical (unpaired) electrons. The summed E-state index contributed by atoms with van der Waals surface area (Å²) < 4.78 is 13.3. The maximum absolute atomic E-state index is 13.3. The van der Waals surface area contributed by atoms with Crippen molar-refractivity contribution in [2.24, 2.45) is 5.92 Å². The van der Waals surface area contributed by atoms with Gasteiger partial charge in [-0.1, -0.05) is 13.8 Å². The van der Waals surface area contributed by atoms with Gasteiger partial charge in [-0.3, -0.25) is 4.79 Å². The number of carboxylic acids is 1. The standard InChI is InChI=1S/C10H13ClFN3O2/c1-5(2)7(3-8(16)17)14-9-6(12)4-13-10(11)15-9/h4-5,7H,3H2,1-2H3,(H,16,17)(H,13,14,15). The lowest BCUT2D eigenvalue weighted by Crippen LogP contribution is -2.29. The second-order valence-electron chi connectivity index (χ2n) is 3.93. The second-order valence-corrected chi connectivity index (χ2v) is 4.27. The molecule has 0 bridgehead atoms. The Kier molecular flexibility index (Phi) is 4.62. The van der Waals surface area contributed by atoms with E-state index in [1.807, 2.05) is 13.8 Å². The van der Waals surface area contributed by atoms with Crippen LogP contribution in [0, 0.1) is 11.7 Å². The predicted molar refractivity (Wildman–Crippen MR) is 61.5 cm³/mol. The van der Waals surface area contributed by atoms with Crippen LogP contribution >= 0.6 is 11.6 Å². The number of anilines is 1. The van der Waals surface area contributed by atoms with E-state index in [0.717, 1.165) is 6.20 Å². The smallest absolute Gasteiger partial charge is 0.305 e. The van der Waals surface area contributed by atoms with Gasteiger partial charge in [0.1, 0.15) is 0 Å². The molecule has 1 unspecified atom stereocenters. The molecule has 94 valence electrons. The number of carboxylic acid groups (broad SMARTS) is 1. The normalized spacial score (nSPS) is 12.5. The fourth-order valence-corrected chi connectivity index (χ4v) is 1.40. The van der Waals surface area contributed by atoms with Crippen LogP contribution in [0.3, 0.4) is 0 Å². The van der Waals surface area contributed by atoms with Crippen LogP contribution in [-0.2, 0) is 4.79 Å². The summed E-state index contributed by atoms with van der Waals surface area (Å²) in [4.78, 5) is 17.8. The third-order valence-corrected chi connectivity index (χ3v) is 2.42. The number of hydrogen-bond donors (Lipinski definition) is 2. The van der Waals surface area contributed by atoms with Crippen molar-refractivity contribution in [3.05, 3.63) is 17.3 Å². The number of aromatic nitrogens is 2. The summed E-state index contributed by atoms with van der Waals surface area (Å²) in [5.74, 6) is -1.69. The van der Waals surface area contributed by atoms with Crippen LogP contribution in [0.25, 0.3) is 0 Å². The lowest BCUT2D eigenvalue weighted by Gasteiger charge is -2.21. The molecule has 1 aromatic rings. The minimum absolute atomic E-state index is 0.0132. The number of hydrogen-bond acceptors (Lipinski definition) is 4. The molecule has 1 heterocycles. The molecule has 0 spiro atoms. The van der Waals surface area contributed by atoms with E-state index in [4.69, 9.17) is 16.7 Å². The molecule has 17 heavy (non-hydrogen) atoms. The maximum Gasteiger partial charge on any atom is 0.305 e. The van der Waals surface area contributed by atoms with Gasteiger partial charge in [-0.25, -0.2) is 9.37 Å². The van der Waals surface area contributed by atoms with E-state index in [2.05, 4.69) is 15.3 Å². The zero-order valence-electron chi connectivity index (χ0n) is 9.44. The number of nitrogens with one attached hydrogen (secondary N) is 1. The van der Waals surface area contributed by atoms with Gasteiger partial charge in [-0.2, -0.15) is 4.98 Å². The highest BCUT2D eigenvalue weighted by Crippen LogP contribution is 2.17. The Balaban J connectivity index is 2.85. The maximum atomic E-state index is 13.3. The molecule has 0 aliphatic heterocycles. The first-order valence-corrected chi connectivity index (χ1v) is 5.44. The van der Waals surface area contributed by atoms with Gasteiger partial charge in [-0.15, -0.1) is 0 Å². The van der Waals surface area contributed by atoms with Crippen molar-refractivity contribution in [1.29, 1.82) is 0 Å². The van der Waals surface area contributed by atoms with E-state index in [1.165, 1.54) is 0 Å². The van der Waals surface area contributed by atoms with Crippen molar-refractivity contribution in [2.45, 2.75) is 26.3 Å². The molecule has 5 nitrogen and oxygen atoms in total. The first-order valence-electron chi connectivity index (χ1n) is 5.06. The Bertz CT molecular complexity index is 415. The summed E-state index contributed by atoms with van der Waals surface area (Å²) in [6, 6.07) is -0.423. The molecule has 0 fully saturated rings. The Morgan fingerprint density at radius 1 is 1.65 bits per heavy atom. The highest BCUT2D eigenvalue weighted by molar-refractivity contribution is 6.28. The van der Waals surface area contributed by atoms with Crippen LogP contribution in [0.5, 0.6) is 0 Å². The zero-order valence-corrected chi connectivity index (χ0v) is 10.2. The lowest BCUT2D eigenvalue weighted by atomic mass is 10.0. The molecular weight excluding hydrogens is 249 g/mol. The average Bonchev–Trinajstić information content (AvgIpc) is 2.21. The number of halogens is 2. The van der Waals surface area contributed by atoms with Gasteiger partial charge in [-0.05, 0) is 17.5 Å². The van der Waals surface area contributed by atoms with Gasteiger partial charge in [0.15, 0.2) is 11.6 Å². The SMILES string of the molecule is CC(C)C(CC(=O)O)Nc1nc(Cl)ncc1F. The van der Waals surface area contributed by atoms with Crippen LogP contribution in [0.4, 0.5) is 10.2 Å². The van der Waals surface area contributed by atoms with Gasteiger partial charge < -0.3 is 10.4 Å². The van der Waals surface area contributed by atoms with E-state index in [0.29, 0.717) is 0 Å². The topological polar surface area (TPSA) is 75.1 Å². The minimum atomic E-state index is -0.961. The van der Waals surface area contributed by atoms with Gasteiger partial charge in [0.25, 0.3) is 0 Å². The van der Waals surface area contributed by atoms with E-state index in [-0.39, 0.29) is 23.4 Å². The van der Waals surface area contributed by atoms with Crippen LogP contribution in [0.2, 0.25) is 5.28 Å². The highest BCUT2D eigenvalue weighted by atomic mass is 35.5. The molecule has 1 atom stereocenters. The molecule has 0 amide bonds. The number of aliphatic carboxylic acids is 1. The molecule has 0 saturated carbocycles. The number of carbonyl (C=O) groups is 1. The van der Waals surface area contributed by atoms with Gasteiger partial charge in [0.2, 0.25) is 5.28 Å². The fourth-order valence-electron chi connectivity index (χ4n) is 1.26. The molecule has 0 aromatic carbocycles. The molecule has 7 heteroatoms. The molecule has 0 saturated heterocycles. The van der Waals surface area contributed by atoms with Crippen molar-refractivity contribution in [1.82, 2.24) is 9.97 Å². The fraction of sp³-hybridized carbons (Fsp3) is 0.500. The Morgan fingerprint density at radius 2 is 2.29 bits per heavy atom. The summed E-state index contributed by atoms with van der Waals surface area (Å²) in [6.07, 6.45) is 0.814. The molecule has 0 aliphatic carbocycles. The molecule has 2 N–H and O–H groups in total. The largest absolute Gasteiger partial charge is 0.481 e. The van der Waals surface area contributed by atoms with E-state index in [1.54, 1.807) is 0 Å². The predicted octanol–water partition coefficient (Wildman–Crippen LogP) is 2.18. The van der Waals surface area contributed by atoms with Crippen molar-refractivity contribution in [3.63, 3.8) is 0 Å². The Hall–Kier alpha value is -1.43. The van der Waals surface area contributed by atoms with Crippen LogP contribution < -0.4 is 5.32 Å². The highest BCUT2D eigenvalue weighted by Gasteiger charge is 2.19. The van der Waals surface area contributed by atoms with E-state index >= 15 is 0 Å². The first kappa shape index (κ1) is 13.6. The zero-order chi connectivity index (χ0) is 13.0. The van der Waals surface area contributed by atoms with Crippen molar-refractivity contribution >= 4 is 23.4 Å². The molecular formula is C10H13ClFN3O2. The average molecular weight is 262 g/mol. The summed E-state index contributed by atoms with van der Waals surface area (Å²) >= 11 is 5.54. The van der Waals surface area contributed by atoms with Gasteiger partial charge in [0, 0.05) is 6.04 Å². The summed E-state index contributed by atoms with van der Waals surface area (Å²) in [6.45, 7) is 3.67. The number of rotatable bonds is 5. The molecule has 0 aliphatic rings. The van der Waals surface area contributed by atoms with Crippen molar-refractivity contribution in [2.75, 3.05) is 5.32 Å². The van der Waals surface area contributed by atoms with Crippen molar-refractivity contribution < 1.29 is 14.3 Å². The Labute approximate surface area is 103 Å². The second kappa shape index (κ2) is 5.77. The summed E-state index contributed by atoms with van der Waals surface area (Å²) in [7, 11) is 0. The van der Waals surface area contributed by atoms with Crippen LogP contribution in [0.1, 0.15) is 20.3 Å². The summed E-state index contributed by atoms with van der Waals surface area (Å²) in [5.41, 5.74) is 0. The number of nitrogens with zero attached hydrogens (tertiary/aromatic N) is 2. The quantitative estimate of drug-likeness (QED) is 0.795. The minimum Gasteiger partial charge on any atom is -0.481 e. The molecule has 1 rings (SSSR count). The lowest BCUT2D eigenvalue weighted by molar-refractivity contribution is -0.137.